The maximum Gasteiger partial charge on any atom is 0.418 e. The highest BCUT2D eigenvalue weighted by Crippen LogP contribution is 2.39. The van der Waals surface area contributed by atoms with Gasteiger partial charge in [-0.3, -0.25) is 4.79 Å². The molecule has 2 heterocycles. The average molecular weight is 596 g/mol. The predicted molar refractivity (Wildman–Crippen MR) is 142 cm³/mol. The van der Waals surface area contributed by atoms with E-state index < -0.39 is 23.6 Å². The molecule has 3 aromatic carbocycles. The van der Waals surface area contributed by atoms with Crippen molar-refractivity contribution in [2.75, 3.05) is 0 Å². The molecule has 0 aliphatic heterocycles. The molecule has 5 rings (SSSR count). The third kappa shape index (κ3) is 5.48. The van der Waals surface area contributed by atoms with Crippen molar-refractivity contribution in [3.8, 4) is 16.9 Å². The number of benzene rings is 3. The molecule has 0 saturated heterocycles. The smallest absolute Gasteiger partial charge is 0.418 e. The van der Waals surface area contributed by atoms with Crippen molar-refractivity contribution in [3.63, 3.8) is 0 Å². The molecule has 0 radical (unpaired) electrons. The Kier molecular flexibility index (Phi) is 7.07. The number of nitrogens with zero attached hydrogens (tertiary/aromatic N) is 1. The largest absolute Gasteiger partial charge is 0.457 e. The minimum atomic E-state index is -4.63. The van der Waals surface area contributed by atoms with Crippen molar-refractivity contribution < 1.29 is 31.9 Å². The highest BCUT2D eigenvalue weighted by atomic mass is 79.9. The minimum absolute atomic E-state index is 0.000381. The number of carbonyl (C=O) groups excluding carboxylic acids is 2. The topological polar surface area (TPSA) is 96.7 Å². The fourth-order valence-corrected chi connectivity index (χ4v) is 4.38. The van der Waals surface area contributed by atoms with Gasteiger partial charge in [-0.05, 0) is 42.0 Å². The Morgan fingerprint density at radius 2 is 1.79 bits per heavy atom. The number of aromatic amines is 1. The number of ether oxygens (including phenoxy) is 1. The standard InChI is InChI=1S/C28H17BrF3N3O4/c29-18-11-12-21(39-27(37)22-10-5-13-38-22)17(14-18)15-33-35-26(36)25-23(16-6-2-1-3-7-16)19-8-4-9-20(24(19)34-25)28(30,31)32/h1-15,34H,(H,35,36). The molecule has 2 N–H and O–H groups in total. The Morgan fingerprint density at radius 1 is 1.00 bits per heavy atom. The van der Waals surface area contributed by atoms with Crippen LogP contribution in [0.25, 0.3) is 22.0 Å². The van der Waals surface area contributed by atoms with Crippen LogP contribution in [0.4, 0.5) is 13.2 Å². The first-order chi connectivity index (χ1) is 18.7. The Labute approximate surface area is 227 Å². The molecule has 0 saturated carbocycles. The molecule has 196 valence electrons. The van der Waals surface area contributed by atoms with Crippen molar-refractivity contribution in [2.45, 2.75) is 6.18 Å². The average Bonchev–Trinajstić information content (AvgIpc) is 3.58. The van der Waals surface area contributed by atoms with E-state index in [1.807, 2.05) is 0 Å². The summed E-state index contributed by atoms with van der Waals surface area (Å²) in [7, 11) is 0. The molecule has 0 unspecified atom stereocenters. The molecule has 0 atom stereocenters. The number of hydrazone groups is 1. The number of furan rings is 1. The number of amides is 1. The maximum absolute atomic E-state index is 13.7. The zero-order valence-corrected chi connectivity index (χ0v) is 21.3. The lowest BCUT2D eigenvalue weighted by atomic mass is 10.0. The maximum atomic E-state index is 13.7. The monoisotopic (exact) mass is 595 g/mol. The summed E-state index contributed by atoms with van der Waals surface area (Å²) < 4.78 is 52.2. The Morgan fingerprint density at radius 3 is 2.51 bits per heavy atom. The zero-order valence-electron chi connectivity index (χ0n) is 19.8. The van der Waals surface area contributed by atoms with Crippen LogP contribution in [0.2, 0.25) is 0 Å². The predicted octanol–water partition coefficient (Wildman–Crippen LogP) is 7.19. The molecule has 0 bridgehead atoms. The highest BCUT2D eigenvalue weighted by Gasteiger charge is 2.34. The number of esters is 1. The summed E-state index contributed by atoms with van der Waals surface area (Å²) in [6.07, 6.45) is -2.05. The van der Waals surface area contributed by atoms with E-state index in [0.29, 0.717) is 21.2 Å². The number of nitrogens with one attached hydrogen (secondary N) is 2. The molecule has 0 aliphatic rings. The van der Waals surface area contributed by atoms with Gasteiger partial charge in [-0.1, -0.05) is 58.4 Å². The number of aromatic nitrogens is 1. The molecule has 1 amide bonds. The summed E-state index contributed by atoms with van der Waals surface area (Å²) in [5.41, 5.74) is 2.35. The lowest BCUT2D eigenvalue weighted by Crippen LogP contribution is -2.19. The minimum Gasteiger partial charge on any atom is -0.457 e. The first-order valence-corrected chi connectivity index (χ1v) is 12.2. The van der Waals surface area contributed by atoms with E-state index in [2.05, 4.69) is 31.4 Å². The van der Waals surface area contributed by atoms with E-state index in [1.165, 1.54) is 36.7 Å². The molecular weight excluding hydrogens is 579 g/mol. The van der Waals surface area contributed by atoms with Gasteiger partial charge in [0.15, 0.2) is 0 Å². The Bertz CT molecular complexity index is 1690. The fourth-order valence-electron chi connectivity index (χ4n) is 4.00. The summed E-state index contributed by atoms with van der Waals surface area (Å²) in [5, 5.41) is 4.20. The lowest BCUT2D eigenvalue weighted by molar-refractivity contribution is -0.136. The van der Waals surface area contributed by atoms with Crippen LogP contribution < -0.4 is 10.2 Å². The molecule has 7 nitrogen and oxygen atoms in total. The van der Waals surface area contributed by atoms with Crippen LogP contribution in [-0.4, -0.2) is 23.1 Å². The SMILES string of the molecule is O=C(Oc1ccc(Br)cc1C=NNC(=O)c1[nH]c2c(C(F)(F)F)cccc2c1-c1ccccc1)c1ccco1. The van der Waals surface area contributed by atoms with Crippen molar-refractivity contribution >= 4 is 44.9 Å². The molecular formula is C28H17BrF3N3O4. The number of alkyl halides is 3. The van der Waals surface area contributed by atoms with E-state index in [9.17, 15) is 22.8 Å². The van der Waals surface area contributed by atoms with Crippen LogP contribution in [0.5, 0.6) is 5.75 Å². The van der Waals surface area contributed by atoms with E-state index in [1.54, 1.807) is 48.5 Å². The molecule has 0 spiro atoms. The van der Waals surface area contributed by atoms with Crippen LogP contribution >= 0.6 is 15.9 Å². The number of para-hydroxylation sites is 1. The first-order valence-electron chi connectivity index (χ1n) is 11.4. The fraction of sp³-hybridized carbons (Fsp3) is 0.0357. The lowest BCUT2D eigenvalue weighted by Gasteiger charge is -2.08. The quantitative estimate of drug-likeness (QED) is 0.0939. The van der Waals surface area contributed by atoms with Crippen LogP contribution in [0.15, 0.2) is 99.1 Å². The summed E-state index contributed by atoms with van der Waals surface area (Å²) in [4.78, 5) is 28.2. The zero-order chi connectivity index (χ0) is 27.6. The second-order valence-electron chi connectivity index (χ2n) is 8.22. The van der Waals surface area contributed by atoms with Gasteiger partial charge in [0.25, 0.3) is 5.91 Å². The van der Waals surface area contributed by atoms with Gasteiger partial charge in [0.1, 0.15) is 11.4 Å². The summed E-state index contributed by atoms with van der Waals surface area (Å²) in [6.45, 7) is 0. The molecule has 2 aromatic heterocycles. The van der Waals surface area contributed by atoms with Gasteiger partial charge in [-0.2, -0.15) is 18.3 Å². The van der Waals surface area contributed by atoms with Gasteiger partial charge in [0.2, 0.25) is 5.76 Å². The summed E-state index contributed by atoms with van der Waals surface area (Å²) in [5.74, 6) is -1.35. The van der Waals surface area contributed by atoms with E-state index in [0.717, 1.165) is 6.07 Å². The van der Waals surface area contributed by atoms with Crippen molar-refractivity contribution in [3.05, 3.63) is 112 Å². The van der Waals surface area contributed by atoms with E-state index >= 15 is 0 Å². The number of H-pyrrole nitrogens is 1. The van der Waals surface area contributed by atoms with Crippen LogP contribution in [-0.2, 0) is 6.18 Å². The number of carbonyl (C=O) groups is 2. The van der Waals surface area contributed by atoms with Gasteiger partial charge in [-0.15, -0.1) is 0 Å². The molecule has 39 heavy (non-hydrogen) atoms. The normalized spacial score (nSPS) is 11.7. The van der Waals surface area contributed by atoms with Gasteiger partial charge < -0.3 is 14.1 Å². The van der Waals surface area contributed by atoms with E-state index in [4.69, 9.17) is 9.15 Å². The van der Waals surface area contributed by atoms with Crippen LogP contribution in [0, 0.1) is 0 Å². The first kappa shape index (κ1) is 26.0. The number of fused-ring (bicyclic) bond motifs is 1. The number of rotatable bonds is 6. The van der Waals surface area contributed by atoms with E-state index in [-0.39, 0.29) is 28.1 Å². The molecule has 0 aliphatic carbocycles. The second kappa shape index (κ2) is 10.6. The second-order valence-corrected chi connectivity index (χ2v) is 9.13. The highest BCUT2D eigenvalue weighted by molar-refractivity contribution is 9.10. The molecule has 11 heteroatoms. The Balaban J connectivity index is 1.47. The van der Waals surface area contributed by atoms with Gasteiger partial charge in [0, 0.05) is 21.0 Å². The van der Waals surface area contributed by atoms with Crippen LogP contribution in [0.3, 0.4) is 0 Å². The molecule has 5 aromatic rings. The summed E-state index contributed by atoms with van der Waals surface area (Å²) >= 11 is 3.33. The van der Waals surface area contributed by atoms with Crippen molar-refractivity contribution in [2.24, 2.45) is 5.10 Å². The number of halogens is 4. The third-order valence-electron chi connectivity index (χ3n) is 5.70. The van der Waals surface area contributed by atoms with Crippen molar-refractivity contribution in [1.82, 2.24) is 10.4 Å². The molecule has 0 fully saturated rings. The third-order valence-corrected chi connectivity index (χ3v) is 6.19. The van der Waals surface area contributed by atoms with Gasteiger partial charge in [0.05, 0.1) is 23.6 Å². The van der Waals surface area contributed by atoms with Crippen LogP contribution in [0.1, 0.15) is 32.2 Å². The number of hydrogen-bond acceptors (Lipinski definition) is 5. The van der Waals surface area contributed by atoms with Gasteiger partial charge >= 0.3 is 12.1 Å². The van der Waals surface area contributed by atoms with Gasteiger partial charge in [-0.25, -0.2) is 10.2 Å². The summed E-state index contributed by atoms with van der Waals surface area (Å²) in [6, 6.07) is 20.1. The number of hydrogen-bond donors (Lipinski definition) is 2. The Hall–Kier alpha value is -4.64. The van der Waals surface area contributed by atoms with Crippen molar-refractivity contribution in [1.29, 1.82) is 0 Å².